The number of amides is 1. The van der Waals surface area contributed by atoms with E-state index < -0.39 is 30.4 Å². The highest BCUT2D eigenvalue weighted by Gasteiger charge is 2.44. The first-order valence-electron chi connectivity index (χ1n) is 12.6. The molecule has 0 heterocycles. The van der Waals surface area contributed by atoms with Crippen molar-refractivity contribution in [1.82, 2.24) is 5.32 Å². The van der Waals surface area contributed by atoms with Crippen LogP contribution in [0, 0.1) is 0 Å². The number of rotatable bonds is 11. The molecule has 0 bridgehead atoms. The molecule has 4 aromatic carbocycles. The Bertz CT molecular complexity index is 1180. The Hall–Kier alpha value is -3.34. The van der Waals surface area contributed by atoms with E-state index in [0.717, 1.165) is 44.0 Å². The van der Waals surface area contributed by atoms with Gasteiger partial charge in [-0.15, -0.1) is 0 Å². The fraction of sp³-hybridized carbons (Fsp3) is 0.194. The van der Waals surface area contributed by atoms with Gasteiger partial charge < -0.3 is 37.6 Å². The number of halogens is 1. The standard InChI is InChI=1S/C31H32NO4P.BrH/c33-28-22-24(23-29(34)30(28)35)31(36)32-20-12-1-2-13-21-37(25-14-6-3-7-15-25,26-16-8-4-9-17-26)27-18-10-5-11-19-27;/h3-11,14-19,22-23H,1-2,12-13,20-21H2,(H3-,32,33,34,35,36);1H. The summed E-state index contributed by atoms with van der Waals surface area (Å²) < 4.78 is 0. The topological polar surface area (TPSA) is 89.8 Å². The van der Waals surface area contributed by atoms with E-state index in [-0.39, 0.29) is 22.5 Å². The maximum Gasteiger partial charge on any atom is 0.251 e. The Morgan fingerprint density at radius 2 is 1.05 bits per heavy atom. The summed E-state index contributed by atoms with van der Waals surface area (Å²) in [6, 6.07) is 34.9. The zero-order valence-corrected chi connectivity index (χ0v) is 23.6. The van der Waals surface area contributed by atoms with Gasteiger partial charge >= 0.3 is 0 Å². The molecule has 0 aliphatic carbocycles. The summed E-state index contributed by atoms with van der Waals surface area (Å²) in [6.07, 6.45) is 4.99. The molecule has 4 rings (SSSR count). The Balaban J connectivity index is 0.00000400. The molecule has 4 aromatic rings. The number of phenols is 3. The molecule has 5 nitrogen and oxygen atoms in total. The van der Waals surface area contributed by atoms with Crippen molar-refractivity contribution in [3.05, 3.63) is 109 Å². The molecule has 4 N–H and O–H groups in total. The van der Waals surface area contributed by atoms with Gasteiger partial charge in [-0.2, -0.15) is 0 Å². The fourth-order valence-corrected chi connectivity index (χ4v) is 9.16. The minimum Gasteiger partial charge on any atom is -1.00 e. The van der Waals surface area contributed by atoms with Crippen LogP contribution in [-0.2, 0) is 0 Å². The number of unbranched alkanes of at least 4 members (excludes halogenated alkanes) is 3. The largest absolute Gasteiger partial charge is 1.00 e. The molecule has 198 valence electrons. The van der Waals surface area contributed by atoms with Crippen LogP contribution in [0.2, 0.25) is 0 Å². The normalized spacial score (nSPS) is 10.9. The van der Waals surface area contributed by atoms with Gasteiger partial charge in [0.1, 0.15) is 23.2 Å². The van der Waals surface area contributed by atoms with Crippen LogP contribution in [0.5, 0.6) is 17.2 Å². The Kier molecular flexibility index (Phi) is 10.8. The highest BCUT2D eigenvalue weighted by Crippen LogP contribution is 2.56. The second kappa shape index (κ2) is 14.0. The molecule has 0 saturated heterocycles. The van der Waals surface area contributed by atoms with Crippen molar-refractivity contribution in [1.29, 1.82) is 0 Å². The molecule has 0 atom stereocenters. The third-order valence-electron chi connectivity index (χ3n) is 6.63. The zero-order chi connectivity index (χ0) is 26.1. The highest BCUT2D eigenvalue weighted by molar-refractivity contribution is 7.95. The Labute approximate surface area is 235 Å². The highest BCUT2D eigenvalue weighted by atomic mass is 79.9. The van der Waals surface area contributed by atoms with Gasteiger partial charge in [0.15, 0.2) is 17.2 Å². The van der Waals surface area contributed by atoms with Gasteiger partial charge in [-0.1, -0.05) is 61.0 Å². The molecule has 0 radical (unpaired) electrons. The summed E-state index contributed by atoms with van der Waals surface area (Å²) in [5.41, 5.74) is 0.107. The van der Waals surface area contributed by atoms with Crippen molar-refractivity contribution in [3.63, 3.8) is 0 Å². The van der Waals surface area contributed by atoms with Crippen LogP contribution in [0.15, 0.2) is 103 Å². The first kappa shape index (κ1) is 29.2. The zero-order valence-electron chi connectivity index (χ0n) is 21.1. The average molecular weight is 594 g/mol. The second-order valence-corrected chi connectivity index (χ2v) is 12.7. The quantitative estimate of drug-likeness (QED) is 0.122. The number of aromatic hydroxyl groups is 3. The summed E-state index contributed by atoms with van der Waals surface area (Å²) >= 11 is 0. The Morgan fingerprint density at radius 1 is 0.632 bits per heavy atom. The molecule has 38 heavy (non-hydrogen) atoms. The lowest BCUT2D eigenvalue weighted by molar-refractivity contribution is -0.0000181. The van der Waals surface area contributed by atoms with E-state index in [1.165, 1.54) is 15.9 Å². The molecule has 0 aliphatic heterocycles. The van der Waals surface area contributed by atoms with E-state index >= 15 is 0 Å². The SMILES string of the molecule is O=C(NCCCCCC[P+](c1ccccc1)(c1ccccc1)c1ccccc1)c1cc(O)c(O)c(O)c1.[Br-]. The summed E-state index contributed by atoms with van der Waals surface area (Å²) in [4.78, 5) is 12.3. The van der Waals surface area contributed by atoms with E-state index in [4.69, 9.17) is 0 Å². The van der Waals surface area contributed by atoms with Crippen LogP contribution in [-0.4, -0.2) is 33.9 Å². The summed E-state index contributed by atoms with van der Waals surface area (Å²) in [5, 5.41) is 35.7. The number of carbonyl (C=O) groups is 1. The van der Waals surface area contributed by atoms with Crippen molar-refractivity contribution < 1.29 is 37.1 Å². The number of benzene rings is 4. The van der Waals surface area contributed by atoms with Gasteiger partial charge in [-0.05, 0) is 67.8 Å². The monoisotopic (exact) mass is 593 g/mol. The van der Waals surface area contributed by atoms with Crippen LogP contribution >= 0.6 is 7.26 Å². The third kappa shape index (κ3) is 6.75. The van der Waals surface area contributed by atoms with Gasteiger partial charge in [0.2, 0.25) is 0 Å². The van der Waals surface area contributed by atoms with Gasteiger partial charge in [0, 0.05) is 12.1 Å². The number of nitrogens with one attached hydrogen (secondary N) is 1. The molecule has 1 amide bonds. The first-order valence-corrected chi connectivity index (χ1v) is 14.6. The van der Waals surface area contributed by atoms with Crippen LogP contribution in [0.3, 0.4) is 0 Å². The van der Waals surface area contributed by atoms with Gasteiger partial charge in [0.25, 0.3) is 5.91 Å². The second-order valence-electron chi connectivity index (χ2n) is 9.07. The van der Waals surface area contributed by atoms with Gasteiger partial charge in [0.05, 0.1) is 6.16 Å². The average Bonchev–Trinajstić information content (AvgIpc) is 2.94. The molecular weight excluding hydrogens is 561 g/mol. The Morgan fingerprint density at radius 3 is 1.50 bits per heavy atom. The predicted molar refractivity (Wildman–Crippen MR) is 152 cm³/mol. The molecule has 0 aromatic heterocycles. The van der Waals surface area contributed by atoms with Crippen LogP contribution in [0.1, 0.15) is 36.0 Å². The maximum atomic E-state index is 12.3. The molecular formula is C31H33BrNO4P. The maximum absolute atomic E-state index is 12.3. The predicted octanol–water partition coefficient (Wildman–Crippen LogP) is 2.09. The number of hydrogen-bond donors (Lipinski definition) is 4. The smallest absolute Gasteiger partial charge is 0.251 e. The summed E-state index contributed by atoms with van der Waals surface area (Å²) in [5.74, 6) is -2.07. The summed E-state index contributed by atoms with van der Waals surface area (Å²) in [7, 11) is -1.82. The lowest BCUT2D eigenvalue weighted by atomic mass is 10.1. The molecule has 0 aliphatic rings. The van der Waals surface area contributed by atoms with E-state index in [2.05, 4.69) is 96.3 Å². The molecule has 0 unspecified atom stereocenters. The lowest BCUT2D eigenvalue weighted by Crippen LogP contribution is -3.00. The van der Waals surface area contributed by atoms with Crippen LogP contribution < -0.4 is 38.2 Å². The van der Waals surface area contributed by atoms with Crippen LogP contribution in [0.25, 0.3) is 0 Å². The number of hydrogen-bond acceptors (Lipinski definition) is 4. The number of phenolic OH excluding ortho intramolecular Hbond substituents is 3. The third-order valence-corrected chi connectivity index (χ3v) is 11.2. The van der Waals surface area contributed by atoms with Crippen molar-refractivity contribution in [3.8, 4) is 17.2 Å². The number of carbonyl (C=O) groups excluding carboxylic acids is 1. The van der Waals surface area contributed by atoms with Gasteiger partial charge in [-0.3, -0.25) is 4.79 Å². The van der Waals surface area contributed by atoms with Crippen molar-refractivity contribution in [2.45, 2.75) is 25.7 Å². The van der Waals surface area contributed by atoms with Crippen molar-refractivity contribution >= 4 is 29.1 Å². The minimum atomic E-state index is -1.82. The first-order chi connectivity index (χ1) is 18.0. The van der Waals surface area contributed by atoms with E-state index in [0.29, 0.717) is 6.54 Å². The van der Waals surface area contributed by atoms with Crippen molar-refractivity contribution in [2.75, 3.05) is 12.7 Å². The van der Waals surface area contributed by atoms with E-state index in [1.54, 1.807) is 0 Å². The molecule has 0 spiro atoms. The van der Waals surface area contributed by atoms with Crippen LogP contribution in [0.4, 0.5) is 0 Å². The molecule has 0 fully saturated rings. The van der Waals surface area contributed by atoms with Crippen molar-refractivity contribution in [2.24, 2.45) is 0 Å². The summed E-state index contributed by atoms with van der Waals surface area (Å²) in [6.45, 7) is 0.498. The van der Waals surface area contributed by atoms with Gasteiger partial charge in [-0.25, -0.2) is 0 Å². The minimum absolute atomic E-state index is 0. The lowest BCUT2D eigenvalue weighted by Gasteiger charge is -2.27. The fourth-order valence-electron chi connectivity index (χ4n) is 4.75. The molecule has 0 saturated carbocycles. The molecule has 7 heteroatoms. The van der Waals surface area contributed by atoms with E-state index in [9.17, 15) is 20.1 Å². The van der Waals surface area contributed by atoms with E-state index in [1.807, 2.05) is 0 Å².